The van der Waals surface area contributed by atoms with Crippen molar-refractivity contribution in [1.82, 2.24) is 9.97 Å². The van der Waals surface area contributed by atoms with E-state index in [0.29, 0.717) is 18.7 Å². The van der Waals surface area contributed by atoms with Crippen LogP contribution >= 0.6 is 23.2 Å². The van der Waals surface area contributed by atoms with Gasteiger partial charge >= 0.3 is 0 Å². The maximum Gasteiger partial charge on any atom is 0.227 e. The molecule has 1 aliphatic rings. The molecule has 1 fully saturated rings. The van der Waals surface area contributed by atoms with Crippen molar-refractivity contribution in [1.29, 1.82) is 0 Å². The molecule has 9 heteroatoms. The summed E-state index contributed by atoms with van der Waals surface area (Å²) in [7, 11) is 0. The van der Waals surface area contributed by atoms with Gasteiger partial charge in [0.15, 0.2) is 5.15 Å². The van der Waals surface area contributed by atoms with Crippen LogP contribution in [0.2, 0.25) is 10.4 Å². The van der Waals surface area contributed by atoms with E-state index in [2.05, 4.69) is 20.0 Å². The number of halogens is 2. The molecule has 0 spiro atoms. The molecule has 2 rings (SSSR count). The lowest BCUT2D eigenvalue weighted by molar-refractivity contribution is -0.117. The smallest absolute Gasteiger partial charge is 0.227 e. The van der Waals surface area contributed by atoms with Gasteiger partial charge in [0.25, 0.3) is 0 Å². The van der Waals surface area contributed by atoms with Gasteiger partial charge in [0.1, 0.15) is 0 Å². The number of azide groups is 1. The zero-order valence-electron chi connectivity index (χ0n) is 9.12. The van der Waals surface area contributed by atoms with Crippen molar-refractivity contribution < 1.29 is 4.79 Å². The van der Waals surface area contributed by atoms with E-state index in [-0.39, 0.29) is 28.8 Å². The maximum atomic E-state index is 11.8. The highest BCUT2D eigenvalue weighted by Crippen LogP contribution is 2.30. The molecule has 94 valence electrons. The quantitative estimate of drug-likeness (QED) is 0.281. The normalized spacial score (nSPS) is 18.9. The largest absolute Gasteiger partial charge is 0.308 e. The number of anilines is 1. The monoisotopic (exact) mass is 286 g/mol. The van der Waals surface area contributed by atoms with Crippen molar-refractivity contribution in [2.45, 2.75) is 6.42 Å². The first-order chi connectivity index (χ1) is 8.61. The molecule has 0 aromatic carbocycles. The third-order valence-corrected chi connectivity index (χ3v) is 3.05. The Labute approximate surface area is 112 Å². The van der Waals surface area contributed by atoms with E-state index in [9.17, 15) is 4.79 Å². The SMILES string of the molecule is [N-]=[N+]=NCC1CC(=O)N(c2cnc(Cl)nc2Cl)C1. The van der Waals surface area contributed by atoms with Crippen molar-refractivity contribution in [3.05, 3.63) is 27.1 Å². The van der Waals surface area contributed by atoms with Crippen molar-refractivity contribution in [2.24, 2.45) is 11.0 Å². The number of hydrogen-bond donors (Lipinski definition) is 0. The molecule has 1 amide bonds. The van der Waals surface area contributed by atoms with E-state index in [1.54, 1.807) is 0 Å². The summed E-state index contributed by atoms with van der Waals surface area (Å²) in [5.74, 6) is -0.110. The molecule has 1 unspecified atom stereocenters. The summed E-state index contributed by atoms with van der Waals surface area (Å²) in [6.45, 7) is 0.716. The number of carbonyl (C=O) groups is 1. The van der Waals surface area contributed by atoms with Crippen LogP contribution in [-0.2, 0) is 4.79 Å². The lowest BCUT2D eigenvalue weighted by Crippen LogP contribution is -2.25. The molecule has 0 saturated carbocycles. The number of rotatable bonds is 3. The van der Waals surface area contributed by atoms with E-state index in [0.717, 1.165) is 0 Å². The third kappa shape index (κ3) is 2.64. The summed E-state index contributed by atoms with van der Waals surface area (Å²) in [5.41, 5.74) is 8.68. The van der Waals surface area contributed by atoms with Crippen molar-refractivity contribution in [3.8, 4) is 0 Å². The molecular weight excluding hydrogens is 279 g/mol. The second-order valence-corrected chi connectivity index (χ2v) is 4.50. The Morgan fingerprint density at radius 2 is 2.39 bits per heavy atom. The molecule has 1 aromatic heterocycles. The lowest BCUT2D eigenvalue weighted by Gasteiger charge is -2.16. The molecule has 2 heterocycles. The Hall–Kier alpha value is -1.56. The van der Waals surface area contributed by atoms with Gasteiger partial charge in [0.2, 0.25) is 11.2 Å². The number of aromatic nitrogens is 2. The van der Waals surface area contributed by atoms with Gasteiger partial charge in [0.05, 0.1) is 11.9 Å². The fourth-order valence-electron chi connectivity index (χ4n) is 1.80. The molecule has 18 heavy (non-hydrogen) atoms. The predicted octanol–water partition coefficient (Wildman–Crippen LogP) is 2.45. The fourth-order valence-corrected chi connectivity index (χ4v) is 2.21. The van der Waals surface area contributed by atoms with Crippen LogP contribution < -0.4 is 4.90 Å². The third-order valence-electron chi connectivity index (χ3n) is 2.59. The molecule has 1 aromatic rings. The summed E-state index contributed by atoms with van der Waals surface area (Å²) in [6, 6.07) is 0. The van der Waals surface area contributed by atoms with Gasteiger partial charge in [0, 0.05) is 24.4 Å². The van der Waals surface area contributed by atoms with E-state index in [1.807, 2.05) is 0 Å². The topological polar surface area (TPSA) is 94.9 Å². The molecule has 1 saturated heterocycles. The van der Waals surface area contributed by atoms with Gasteiger partial charge in [-0.3, -0.25) is 4.79 Å². The number of hydrogen-bond acceptors (Lipinski definition) is 4. The standard InChI is InChI=1S/C9H8Cl2N6O/c10-8-6(3-13-9(11)15-8)17-4-5(1-7(17)18)2-14-16-12/h3,5H,1-2,4H2. The van der Waals surface area contributed by atoms with Crippen LogP contribution in [0.1, 0.15) is 6.42 Å². The van der Waals surface area contributed by atoms with Crippen molar-refractivity contribution >= 4 is 34.8 Å². The van der Waals surface area contributed by atoms with Crippen molar-refractivity contribution in [2.75, 3.05) is 18.0 Å². The summed E-state index contributed by atoms with van der Waals surface area (Å²) < 4.78 is 0. The molecular formula is C9H8Cl2N6O. The van der Waals surface area contributed by atoms with Crippen LogP contribution in [0, 0.1) is 5.92 Å². The van der Waals surface area contributed by atoms with E-state index < -0.39 is 0 Å². The zero-order valence-corrected chi connectivity index (χ0v) is 10.6. The van der Waals surface area contributed by atoms with Crippen LogP contribution in [-0.4, -0.2) is 29.0 Å². The lowest BCUT2D eigenvalue weighted by atomic mass is 10.1. The van der Waals surface area contributed by atoms with Gasteiger partial charge in [-0.05, 0) is 23.0 Å². The van der Waals surface area contributed by atoms with Gasteiger partial charge < -0.3 is 4.90 Å². The first-order valence-corrected chi connectivity index (χ1v) is 5.86. The Balaban J connectivity index is 2.18. The van der Waals surface area contributed by atoms with Crippen LogP contribution in [0.25, 0.3) is 10.4 Å². The van der Waals surface area contributed by atoms with Gasteiger partial charge in [-0.2, -0.15) is 0 Å². The summed E-state index contributed by atoms with van der Waals surface area (Å²) in [4.78, 5) is 23.6. The van der Waals surface area contributed by atoms with Crippen LogP contribution in [0.3, 0.4) is 0 Å². The molecule has 0 aliphatic carbocycles. The maximum absolute atomic E-state index is 11.8. The Morgan fingerprint density at radius 3 is 3.06 bits per heavy atom. The van der Waals surface area contributed by atoms with Gasteiger partial charge in [-0.1, -0.05) is 16.7 Å². The average Bonchev–Trinajstić information content (AvgIpc) is 2.68. The summed E-state index contributed by atoms with van der Waals surface area (Å²) in [6.07, 6.45) is 1.73. The molecule has 1 aliphatic heterocycles. The van der Waals surface area contributed by atoms with Gasteiger partial charge in [-0.15, -0.1) is 0 Å². The fraction of sp³-hybridized carbons (Fsp3) is 0.444. The molecule has 7 nitrogen and oxygen atoms in total. The average molecular weight is 287 g/mol. The van der Waals surface area contributed by atoms with E-state index >= 15 is 0 Å². The van der Waals surface area contributed by atoms with E-state index in [1.165, 1.54) is 11.1 Å². The highest BCUT2D eigenvalue weighted by atomic mass is 35.5. The minimum absolute atomic E-state index is 0.0138. The highest BCUT2D eigenvalue weighted by molar-refractivity contribution is 6.34. The second kappa shape index (κ2) is 5.39. The van der Waals surface area contributed by atoms with Crippen LogP contribution in [0.15, 0.2) is 11.3 Å². The number of carbonyl (C=O) groups excluding carboxylic acids is 1. The predicted molar refractivity (Wildman–Crippen MR) is 66.5 cm³/mol. The van der Waals surface area contributed by atoms with Gasteiger partial charge in [-0.25, -0.2) is 9.97 Å². The minimum atomic E-state index is -0.0963. The molecule has 0 bridgehead atoms. The first-order valence-electron chi connectivity index (χ1n) is 5.11. The molecule has 1 atom stereocenters. The zero-order chi connectivity index (χ0) is 13.1. The Bertz CT molecular complexity index is 530. The second-order valence-electron chi connectivity index (χ2n) is 3.80. The summed E-state index contributed by atoms with van der Waals surface area (Å²) in [5, 5.41) is 3.63. The van der Waals surface area contributed by atoms with Crippen LogP contribution in [0.4, 0.5) is 5.69 Å². The van der Waals surface area contributed by atoms with E-state index in [4.69, 9.17) is 28.7 Å². The molecule has 0 N–H and O–H groups in total. The highest BCUT2D eigenvalue weighted by Gasteiger charge is 2.31. The Kier molecular flexibility index (Phi) is 3.86. The Morgan fingerprint density at radius 1 is 1.61 bits per heavy atom. The first kappa shape index (κ1) is 12.9. The number of nitrogens with zero attached hydrogens (tertiary/aromatic N) is 6. The van der Waals surface area contributed by atoms with Crippen LogP contribution in [0.5, 0.6) is 0 Å². The number of amides is 1. The molecule has 0 radical (unpaired) electrons. The minimum Gasteiger partial charge on any atom is -0.308 e. The summed E-state index contributed by atoms with van der Waals surface area (Å²) >= 11 is 11.5. The van der Waals surface area contributed by atoms with Crippen molar-refractivity contribution in [3.63, 3.8) is 0 Å².